The fourth-order valence-corrected chi connectivity index (χ4v) is 4.50. The van der Waals surface area contributed by atoms with Gasteiger partial charge in [0.15, 0.2) is 5.82 Å². The normalized spacial score (nSPS) is 12.2. The van der Waals surface area contributed by atoms with Gasteiger partial charge < -0.3 is 15.2 Å². The van der Waals surface area contributed by atoms with Gasteiger partial charge in [-0.15, -0.1) is 5.10 Å². The van der Waals surface area contributed by atoms with Gasteiger partial charge in [-0.25, -0.2) is 9.50 Å². The number of H-pyrrole nitrogens is 1. The molecule has 1 unspecified atom stereocenters. The van der Waals surface area contributed by atoms with Crippen molar-refractivity contribution in [1.82, 2.24) is 29.9 Å². The smallest absolute Gasteiger partial charge is 0.252 e. The maximum Gasteiger partial charge on any atom is 0.252 e. The van der Waals surface area contributed by atoms with Gasteiger partial charge in [0.2, 0.25) is 5.91 Å². The Balaban J connectivity index is 1.38. The molecule has 0 saturated carbocycles. The van der Waals surface area contributed by atoms with Gasteiger partial charge in [0.05, 0.1) is 6.42 Å². The quantitative estimate of drug-likeness (QED) is 0.380. The molecule has 5 rings (SSSR count). The number of carbonyl (C=O) groups excluding carboxylic acids is 1. The lowest BCUT2D eigenvalue weighted by molar-refractivity contribution is -0.120. The molecule has 0 bridgehead atoms. The number of carbonyl (C=O) groups is 1. The van der Waals surface area contributed by atoms with Crippen LogP contribution in [-0.4, -0.2) is 51.1 Å². The Morgan fingerprint density at radius 1 is 1.09 bits per heavy atom. The molecule has 0 saturated heterocycles. The van der Waals surface area contributed by atoms with Crippen molar-refractivity contribution >= 4 is 28.3 Å². The van der Waals surface area contributed by atoms with Crippen LogP contribution in [0.3, 0.4) is 0 Å². The lowest BCUT2D eigenvalue weighted by Crippen LogP contribution is -2.30. The van der Waals surface area contributed by atoms with Crippen LogP contribution >= 0.6 is 0 Å². The summed E-state index contributed by atoms with van der Waals surface area (Å²) < 4.78 is 1.68. The zero-order valence-electron chi connectivity index (χ0n) is 20.4. The molecule has 0 fully saturated rings. The molecule has 35 heavy (non-hydrogen) atoms. The van der Waals surface area contributed by atoms with Crippen molar-refractivity contribution in [3.63, 3.8) is 0 Å². The second kappa shape index (κ2) is 9.21. The molecule has 0 aliphatic carbocycles. The number of hydrogen-bond donors (Lipinski definition) is 2. The molecule has 2 aromatic carbocycles. The van der Waals surface area contributed by atoms with E-state index in [4.69, 9.17) is 0 Å². The molecule has 1 atom stereocenters. The fraction of sp³-hybridized carbons (Fsp3) is 0.259. The van der Waals surface area contributed by atoms with Crippen LogP contribution in [0.4, 0.5) is 5.69 Å². The van der Waals surface area contributed by atoms with Crippen LogP contribution in [0, 0.1) is 13.8 Å². The van der Waals surface area contributed by atoms with Crippen molar-refractivity contribution < 1.29 is 4.79 Å². The van der Waals surface area contributed by atoms with Gasteiger partial charge >= 0.3 is 0 Å². The van der Waals surface area contributed by atoms with E-state index in [1.54, 1.807) is 4.52 Å². The minimum atomic E-state index is -0.120. The van der Waals surface area contributed by atoms with E-state index in [-0.39, 0.29) is 18.2 Å². The molecule has 0 spiro atoms. The van der Waals surface area contributed by atoms with Gasteiger partial charge in [-0.2, -0.15) is 4.98 Å². The van der Waals surface area contributed by atoms with Crippen LogP contribution in [0.15, 0.2) is 60.8 Å². The minimum Gasteiger partial charge on any atom is -0.378 e. The number of anilines is 1. The molecular weight excluding hydrogens is 438 g/mol. The molecule has 8 nitrogen and oxygen atoms in total. The summed E-state index contributed by atoms with van der Waals surface area (Å²) in [5.74, 6) is 0.850. The number of hydrogen-bond acceptors (Lipinski definition) is 5. The van der Waals surface area contributed by atoms with Gasteiger partial charge in [-0.3, -0.25) is 4.79 Å². The number of para-hydroxylation sites is 1. The second-order valence-corrected chi connectivity index (χ2v) is 9.09. The first-order valence-electron chi connectivity index (χ1n) is 11.7. The number of rotatable bonds is 7. The van der Waals surface area contributed by atoms with E-state index >= 15 is 0 Å². The van der Waals surface area contributed by atoms with E-state index < -0.39 is 0 Å². The summed E-state index contributed by atoms with van der Waals surface area (Å²) in [7, 11) is 4.05. The van der Waals surface area contributed by atoms with E-state index in [1.165, 1.54) is 0 Å². The number of nitrogens with one attached hydrogen (secondary N) is 2. The molecule has 3 aromatic heterocycles. The number of nitrogens with zero attached hydrogens (tertiary/aromatic N) is 5. The van der Waals surface area contributed by atoms with E-state index in [0.29, 0.717) is 18.1 Å². The number of aromatic nitrogens is 5. The van der Waals surface area contributed by atoms with Crippen LogP contribution in [0.2, 0.25) is 0 Å². The highest BCUT2D eigenvalue weighted by atomic mass is 16.1. The summed E-state index contributed by atoms with van der Waals surface area (Å²) >= 11 is 0. The van der Waals surface area contributed by atoms with Crippen LogP contribution in [-0.2, 0) is 11.2 Å². The lowest BCUT2D eigenvalue weighted by Gasteiger charge is -2.20. The molecule has 0 aliphatic heterocycles. The number of fused-ring (bicyclic) bond motifs is 2. The molecule has 5 aromatic rings. The van der Waals surface area contributed by atoms with Gasteiger partial charge in [0.1, 0.15) is 0 Å². The average molecular weight is 468 g/mol. The zero-order valence-corrected chi connectivity index (χ0v) is 20.4. The molecular formula is C27H29N7O. The SMILES string of the molecule is Cc1cc(C)n2nc(CC(=O)NCC(c3ccc(N(C)C)cc3)c3c[nH]c4ccccc34)nc2n1. The van der Waals surface area contributed by atoms with Crippen molar-refractivity contribution in [3.8, 4) is 0 Å². The van der Waals surface area contributed by atoms with E-state index in [0.717, 1.165) is 39.1 Å². The fourth-order valence-electron chi connectivity index (χ4n) is 4.50. The van der Waals surface area contributed by atoms with E-state index in [9.17, 15) is 4.79 Å². The molecule has 2 N–H and O–H groups in total. The lowest BCUT2D eigenvalue weighted by atomic mass is 9.90. The predicted molar refractivity (Wildman–Crippen MR) is 138 cm³/mol. The Hall–Kier alpha value is -4.20. The number of aryl methyl sites for hydroxylation is 2. The third-order valence-corrected chi connectivity index (χ3v) is 6.29. The van der Waals surface area contributed by atoms with Crippen molar-refractivity contribution in [2.75, 3.05) is 25.5 Å². The maximum absolute atomic E-state index is 12.9. The highest BCUT2D eigenvalue weighted by Crippen LogP contribution is 2.31. The molecule has 178 valence electrons. The van der Waals surface area contributed by atoms with Gasteiger partial charge in [0, 0.05) is 60.7 Å². The molecule has 8 heteroatoms. The first-order chi connectivity index (χ1) is 16.9. The first-order valence-corrected chi connectivity index (χ1v) is 11.7. The second-order valence-electron chi connectivity index (χ2n) is 9.09. The predicted octanol–water partition coefficient (Wildman–Crippen LogP) is 3.78. The van der Waals surface area contributed by atoms with E-state index in [1.807, 2.05) is 52.3 Å². The average Bonchev–Trinajstić information content (AvgIpc) is 3.44. The molecule has 0 radical (unpaired) electrons. The standard InChI is InChI=1S/C27H29N7O/c1-17-13-18(2)34-27(30-17)31-25(32-34)14-26(35)29-15-22(19-9-11-20(12-10-19)33(3)4)23-16-28-24-8-6-5-7-21(23)24/h5-13,16,22,28H,14-15H2,1-4H3,(H,29,35). The first kappa shape index (κ1) is 22.6. The van der Waals surface area contributed by atoms with Crippen LogP contribution in [0.1, 0.15) is 34.3 Å². The van der Waals surface area contributed by atoms with Gasteiger partial charge in [-0.1, -0.05) is 30.3 Å². The monoisotopic (exact) mass is 467 g/mol. The van der Waals surface area contributed by atoms with Crippen molar-refractivity contribution in [2.45, 2.75) is 26.2 Å². The number of amides is 1. The number of benzene rings is 2. The third-order valence-electron chi connectivity index (χ3n) is 6.29. The number of aromatic amines is 1. The van der Waals surface area contributed by atoms with Crippen LogP contribution in [0.5, 0.6) is 0 Å². The molecule has 1 amide bonds. The topological polar surface area (TPSA) is 91.2 Å². The Bertz CT molecular complexity index is 1500. The summed E-state index contributed by atoms with van der Waals surface area (Å²) in [6, 6.07) is 18.7. The zero-order chi connectivity index (χ0) is 24.5. The highest BCUT2D eigenvalue weighted by Gasteiger charge is 2.20. The maximum atomic E-state index is 12.9. The Labute approximate surface area is 204 Å². The summed E-state index contributed by atoms with van der Waals surface area (Å²) in [5.41, 5.74) is 6.32. The van der Waals surface area contributed by atoms with Crippen molar-refractivity contribution in [3.05, 3.63) is 89.1 Å². The Morgan fingerprint density at radius 3 is 2.63 bits per heavy atom. The Kier molecular flexibility index (Phi) is 5.94. The van der Waals surface area contributed by atoms with Gasteiger partial charge in [-0.05, 0) is 49.2 Å². The van der Waals surface area contributed by atoms with Crippen LogP contribution in [0.25, 0.3) is 16.7 Å². The summed E-state index contributed by atoms with van der Waals surface area (Å²) in [5, 5.41) is 8.74. The third kappa shape index (κ3) is 4.59. The molecule has 3 heterocycles. The van der Waals surface area contributed by atoms with Crippen molar-refractivity contribution in [2.24, 2.45) is 0 Å². The summed E-state index contributed by atoms with van der Waals surface area (Å²) in [4.78, 5) is 27.2. The Morgan fingerprint density at radius 2 is 1.86 bits per heavy atom. The van der Waals surface area contributed by atoms with E-state index in [2.05, 4.69) is 66.7 Å². The molecule has 0 aliphatic rings. The summed E-state index contributed by atoms with van der Waals surface area (Å²) in [6.45, 7) is 4.34. The minimum absolute atomic E-state index is 0.00750. The van der Waals surface area contributed by atoms with Crippen molar-refractivity contribution in [1.29, 1.82) is 0 Å². The van der Waals surface area contributed by atoms with Crippen LogP contribution < -0.4 is 10.2 Å². The summed E-state index contributed by atoms with van der Waals surface area (Å²) in [6.07, 6.45) is 2.14. The van der Waals surface area contributed by atoms with Gasteiger partial charge in [0.25, 0.3) is 5.78 Å². The largest absolute Gasteiger partial charge is 0.378 e. The highest BCUT2D eigenvalue weighted by molar-refractivity contribution is 5.84.